The van der Waals surface area contributed by atoms with Gasteiger partial charge in [-0.3, -0.25) is 9.69 Å². The number of benzene rings is 2. The first-order valence-corrected chi connectivity index (χ1v) is 9.58. The van der Waals surface area contributed by atoms with E-state index in [-0.39, 0.29) is 6.61 Å². The number of likely N-dealkylation sites (N-methyl/N-ethyl adjacent to an activating group) is 1. The summed E-state index contributed by atoms with van der Waals surface area (Å²) in [6.07, 6.45) is -3.51. The van der Waals surface area contributed by atoms with Crippen molar-refractivity contribution < 1.29 is 32.2 Å². The fraction of sp³-hybridized carbons (Fsp3) is 0.409. The number of hydrogen-bond donors (Lipinski definition) is 1. The first-order valence-electron chi connectivity index (χ1n) is 9.58. The van der Waals surface area contributed by atoms with E-state index in [1.165, 1.54) is 18.2 Å². The summed E-state index contributed by atoms with van der Waals surface area (Å²) >= 11 is 0. The van der Waals surface area contributed by atoms with E-state index in [2.05, 4.69) is 0 Å². The molecule has 1 aliphatic rings. The topological polar surface area (TPSA) is 49.8 Å². The third kappa shape index (κ3) is 4.34. The van der Waals surface area contributed by atoms with Gasteiger partial charge < -0.3 is 9.84 Å². The van der Waals surface area contributed by atoms with E-state index in [4.69, 9.17) is 9.84 Å². The van der Waals surface area contributed by atoms with Gasteiger partial charge in [0.1, 0.15) is 17.5 Å². The summed E-state index contributed by atoms with van der Waals surface area (Å²) in [5, 5.41) is 9.15. The summed E-state index contributed by atoms with van der Waals surface area (Å²) in [5.41, 5.74) is -0.0379. The van der Waals surface area contributed by atoms with Gasteiger partial charge in [-0.25, -0.2) is 4.39 Å². The Morgan fingerprint density at radius 1 is 1.23 bits per heavy atom. The molecule has 8 heteroatoms. The van der Waals surface area contributed by atoms with Gasteiger partial charge in [0.2, 0.25) is 0 Å². The van der Waals surface area contributed by atoms with Gasteiger partial charge in [-0.1, -0.05) is 18.2 Å². The molecule has 0 bridgehead atoms. The van der Waals surface area contributed by atoms with Crippen molar-refractivity contribution in [2.24, 2.45) is 0 Å². The third-order valence-electron chi connectivity index (χ3n) is 5.71. The van der Waals surface area contributed by atoms with E-state index in [9.17, 15) is 22.4 Å². The molecule has 2 aromatic carbocycles. The van der Waals surface area contributed by atoms with Crippen molar-refractivity contribution in [1.29, 1.82) is 0 Å². The maximum Gasteiger partial charge on any atom is 0.416 e. The van der Waals surface area contributed by atoms with E-state index < -0.39 is 35.2 Å². The van der Waals surface area contributed by atoms with Crippen LogP contribution in [0.2, 0.25) is 0 Å². The highest BCUT2D eigenvalue weighted by atomic mass is 19.4. The standard InChI is InChI=1S/C22H23F4NO3/c1-14(20(28)29)27(2)11-3-10-21(16-4-7-18(23)8-5-16)19-9-6-17(22(24,25)26)12-15(19)13-30-21/h4-9,12,14H,3,10-11,13H2,1-2H3,(H,28,29)/t14-,21?/m0/s1. The molecule has 3 rings (SSSR count). The zero-order valence-corrected chi connectivity index (χ0v) is 16.7. The van der Waals surface area contributed by atoms with Gasteiger partial charge in [0, 0.05) is 0 Å². The number of fused-ring (bicyclic) bond motifs is 1. The molecule has 1 heterocycles. The number of alkyl halides is 3. The highest BCUT2D eigenvalue weighted by molar-refractivity contribution is 5.72. The van der Waals surface area contributed by atoms with Crippen LogP contribution in [0.15, 0.2) is 42.5 Å². The number of carboxylic acid groups (broad SMARTS) is 1. The molecule has 4 nitrogen and oxygen atoms in total. The molecule has 0 spiro atoms. The lowest BCUT2D eigenvalue weighted by atomic mass is 9.81. The Bertz CT molecular complexity index is 914. The van der Waals surface area contributed by atoms with Gasteiger partial charge in [0.15, 0.2) is 0 Å². The number of halogens is 4. The Labute approximate surface area is 172 Å². The summed E-state index contributed by atoms with van der Waals surface area (Å²) in [6.45, 7) is 2.05. The van der Waals surface area contributed by atoms with Crippen LogP contribution in [-0.2, 0) is 27.9 Å². The fourth-order valence-corrected chi connectivity index (χ4v) is 3.83. The lowest BCUT2D eigenvalue weighted by Gasteiger charge is -2.32. The summed E-state index contributed by atoms with van der Waals surface area (Å²) in [6, 6.07) is 8.62. The zero-order chi connectivity index (χ0) is 22.1. The average Bonchev–Trinajstić information content (AvgIpc) is 3.06. The second-order valence-electron chi connectivity index (χ2n) is 7.59. The minimum atomic E-state index is -4.45. The van der Waals surface area contributed by atoms with Gasteiger partial charge in [0.05, 0.1) is 12.2 Å². The van der Waals surface area contributed by atoms with Crippen LogP contribution >= 0.6 is 0 Å². The van der Waals surface area contributed by atoms with Crippen molar-refractivity contribution in [3.8, 4) is 0 Å². The van der Waals surface area contributed by atoms with Gasteiger partial charge in [-0.2, -0.15) is 13.2 Å². The molecular formula is C22H23F4NO3. The maximum atomic E-state index is 13.5. The summed E-state index contributed by atoms with van der Waals surface area (Å²) in [4.78, 5) is 12.8. The molecule has 0 saturated heterocycles. The molecule has 0 amide bonds. The van der Waals surface area contributed by atoms with Crippen molar-refractivity contribution in [1.82, 2.24) is 4.90 Å². The van der Waals surface area contributed by atoms with E-state index in [1.54, 1.807) is 31.0 Å². The molecule has 1 N–H and O–H groups in total. The van der Waals surface area contributed by atoms with Crippen LogP contribution < -0.4 is 0 Å². The van der Waals surface area contributed by atoms with Crippen LogP contribution in [0.4, 0.5) is 17.6 Å². The van der Waals surface area contributed by atoms with E-state index in [1.807, 2.05) is 0 Å². The molecule has 0 fully saturated rings. The van der Waals surface area contributed by atoms with E-state index in [0.29, 0.717) is 36.1 Å². The lowest BCUT2D eigenvalue weighted by Crippen LogP contribution is -2.37. The minimum absolute atomic E-state index is 0.0119. The van der Waals surface area contributed by atoms with Crippen molar-refractivity contribution in [2.45, 2.75) is 44.2 Å². The minimum Gasteiger partial charge on any atom is -0.480 e. The number of carbonyl (C=O) groups is 1. The molecule has 0 aromatic heterocycles. The van der Waals surface area contributed by atoms with Crippen LogP contribution in [0.5, 0.6) is 0 Å². The number of ether oxygens (including phenoxy) is 1. The van der Waals surface area contributed by atoms with Crippen LogP contribution in [-0.4, -0.2) is 35.6 Å². The number of carboxylic acids is 1. The molecule has 2 atom stereocenters. The maximum absolute atomic E-state index is 13.5. The van der Waals surface area contributed by atoms with Crippen LogP contribution in [0, 0.1) is 5.82 Å². The Morgan fingerprint density at radius 3 is 2.50 bits per heavy atom. The quantitative estimate of drug-likeness (QED) is 0.648. The molecule has 162 valence electrons. The van der Waals surface area contributed by atoms with Gasteiger partial charge in [-0.05, 0) is 74.3 Å². The van der Waals surface area contributed by atoms with Gasteiger partial charge >= 0.3 is 12.1 Å². The molecule has 1 unspecified atom stereocenters. The number of nitrogens with zero attached hydrogens (tertiary/aromatic N) is 1. The number of aliphatic carboxylic acids is 1. The SMILES string of the molecule is C[C@@H](C(=O)O)N(C)CCCC1(c2ccc(F)cc2)OCc2cc(C(F)(F)F)ccc21. The van der Waals surface area contributed by atoms with Crippen LogP contribution in [0.25, 0.3) is 0 Å². The second-order valence-corrected chi connectivity index (χ2v) is 7.59. The van der Waals surface area contributed by atoms with Crippen molar-refractivity contribution >= 4 is 5.97 Å². The normalized spacial score (nSPS) is 19.7. The van der Waals surface area contributed by atoms with Gasteiger partial charge in [0.25, 0.3) is 0 Å². The van der Waals surface area contributed by atoms with Gasteiger partial charge in [-0.15, -0.1) is 0 Å². The third-order valence-corrected chi connectivity index (χ3v) is 5.71. The van der Waals surface area contributed by atoms with Crippen molar-refractivity contribution in [2.75, 3.05) is 13.6 Å². The monoisotopic (exact) mass is 425 g/mol. The first-order chi connectivity index (χ1) is 14.0. The molecular weight excluding hydrogens is 402 g/mol. The average molecular weight is 425 g/mol. The Kier molecular flexibility index (Phi) is 6.19. The predicted molar refractivity (Wildman–Crippen MR) is 102 cm³/mol. The summed E-state index contributed by atoms with van der Waals surface area (Å²) < 4.78 is 58.9. The van der Waals surface area contributed by atoms with Crippen molar-refractivity contribution in [3.63, 3.8) is 0 Å². The summed E-state index contributed by atoms with van der Waals surface area (Å²) in [7, 11) is 1.70. The first kappa shape index (κ1) is 22.2. The Hall–Kier alpha value is -2.45. The van der Waals surface area contributed by atoms with E-state index >= 15 is 0 Å². The van der Waals surface area contributed by atoms with Crippen molar-refractivity contribution in [3.05, 3.63) is 70.5 Å². The highest BCUT2D eigenvalue weighted by Gasteiger charge is 2.43. The summed E-state index contributed by atoms with van der Waals surface area (Å²) in [5.74, 6) is -1.36. The fourth-order valence-electron chi connectivity index (χ4n) is 3.83. The van der Waals surface area contributed by atoms with Crippen LogP contribution in [0.1, 0.15) is 42.0 Å². The largest absolute Gasteiger partial charge is 0.480 e. The highest BCUT2D eigenvalue weighted by Crippen LogP contribution is 2.46. The molecule has 1 aliphatic heterocycles. The molecule has 2 aromatic rings. The lowest BCUT2D eigenvalue weighted by molar-refractivity contribution is -0.142. The Morgan fingerprint density at radius 2 is 1.90 bits per heavy atom. The Balaban J connectivity index is 1.92. The number of hydrogen-bond acceptors (Lipinski definition) is 3. The molecule has 0 radical (unpaired) electrons. The van der Waals surface area contributed by atoms with E-state index in [0.717, 1.165) is 12.1 Å². The predicted octanol–water partition coefficient (Wildman–Crippen LogP) is 4.80. The molecule has 0 saturated carbocycles. The van der Waals surface area contributed by atoms with Crippen LogP contribution in [0.3, 0.4) is 0 Å². The smallest absolute Gasteiger partial charge is 0.416 e. The second kappa shape index (κ2) is 8.35. The number of rotatable bonds is 7. The molecule has 30 heavy (non-hydrogen) atoms. The molecule has 0 aliphatic carbocycles. The zero-order valence-electron chi connectivity index (χ0n) is 16.7.